The fourth-order valence-corrected chi connectivity index (χ4v) is 2.23. The molecule has 0 radical (unpaired) electrons. The Morgan fingerprint density at radius 1 is 1.23 bits per heavy atom. The SMILES string of the molecule is COc1cc(CCNC(=O)C(O)c2ccccc2)ccc1C. The van der Waals surface area contributed by atoms with Gasteiger partial charge >= 0.3 is 0 Å². The number of ether oxygens (including phenoxy) is 1. The zero-order chi connectivity index (χ0) is 15.9. The Kier molecular flexibility index (Phi) is 5.55. The molecule has 2 aromatic carbocycles. The number of hydrogen-bond acceptors (Lipinski definition) is 3. The lowest BCUT2D eigenvalue weighted by Crippen LogP contribution is -2.30. The lowest BCUT2D eigenvalue weighted by molar-refractivity contribution is -0.129. The van der Waals surface area contributed by atoms with Gasteiger partial charge < -0.3 is 15.2 Å². The summed E-state index contributed by atoms with van der Waals surface area (Å²) in [4.78, 5) is 11.9. The topological polar surface area (TPSA) is 58.6 Å². The van der Waals surface area contributed by atoms with Crippen molar-refractivity contribution >= 4 is 5.91 Å². The Morgan fingerprint density at radius 3 is 2.64 bits per heavy atom. The maximum Gasteiger partial charge on any atom is 0.253 e. The summed E-state index contributed by atoms with van der Waals surface area (Å²) in [6, 6.07) is 14.9. The summed E-state index contributed by atoms with van der Waals surface area (Å²) in [7, 11) is 1.64. The van der Waals surface area contributed by atoms with E-state index in [1.54, 1.807) is 31.4 Å². The van der Waals surface area contributed by atoms with E-state index in [-0.39, 0.29) is 5.91 Å². The van der Waals surface area contributed by atoms with Gasteiger partial charge in [0.05, 0.1) is 7.11 Å². The first-order chi connectivity index (χ1) is 10.6. The van der Waals surface area contributed by atoms with Crippen molar-refractivity contribution in [2.24, 2.45) is 0 Å². The van der Waals surface area contributed by atoms with Crippen molar-refractivity contribution in [1.29, 1.82) is 0 Å². The molecule has 0 fully saturated rings. The monoisotopic (exact) mass is 299 g/mol. The quantitative estimate of drug-likeness (QED) is 0.861. The van der Waals surface area contributed by atoms with Crippen LogP contribution in [0.1, 0.15) is 22.8 Å². The van der Waals surface area contributed by atoms with Gasteiger partial charge in [0.25, 0.3) is 5.91 Å². The molecule has 1 unspecified atom stereocenters. The molecule has 0 aromatic heterocycles. The zero-order valence-electron chi connectivity index (χ0n) is 12.9. The molecular weight excluding hydrogens is 278 g/mol. The number of carbonyl (C=O) groups excluding carboxylic acids is 1. The number of hydrogen-bond donors (Lipinski definition) is 2. The molecule has 1 amide bonds. The molecule has 0 saturated heterocycles. The predicted octanol–water partition coefficient (Wildman–Crippen LogP) is 2.40. The van der Waals surface area contributed by atoms with E-state index in [1.807, 2.05) is 31.2 Å². The van der Waals surface area contributed by atoms with Crippen molar-refractivity contribution < 1.29 is 14.6 Å². The maximum atomic E-state index is 11.9. The largest absolute Gasteiger partial charge is 0.496 e. The number of rotatable bonds is 6. The Balaban J connectivity index is 1.87. The number of benzene rings is 2. The van der Waals surface area contributed by atoms with Gasteiger partial charge in [-0.15, -0.1) is 0 Å². The van der Waals surface area contributed by atoms with Crippen LogP contribution in [0.15, 0.2) is 48.5 Å². The molecule has 0 aliphatic heterocycles. The van der Waals surface area contributed by atoms with Crippen LogP contribution in [0.5, 0.6) is 5.75 Å². The summed E-state index contributed by atoms with van der Waals surface area (Å²) in [5.74, 6) is 0.457. The van der Waals surface area contributed by atoms with Crippen LogP contribution in [-0.4, -0.2) is 24.7 Å². The third-order valence-electron chi connectivity index (χ3n) is 3.55. The van der Waals surface area contributed by atoms with Gasteiger partial charge in [0.15, 0.2) is 6.10 Å². The molecule has 22 heavy (non-hydrogen) atoms. The maximum absolute atomic E-state index is 11.9. The molecule has 0 spiro atoms. The molecule has 0 aliphatic rings. The average molecular weight is 299 g/mol. The number of nitrogens with one attached hydrogen (secondary N) is 1. The van der Waals surface area contributed by atoms with Crippen LogP contribution >= 0.6 is 0 Å². The van der Waals surface area contributed by atoms with Crippen molar-refractivity contribution in [1.82, 2.24) is 5.32 Å². The predicted molar refractivity (Wildman–Crippen MR) is 85.8 cm³/mol. The second kappa shape index (κ2) is 7.61. The molecule has 1 atom stereocenters. The number of amides is 1. The minimum atomic E-state index is -1.13. The van der Waals surface area contributed by atoms with Gasteiger partial charge in [-0.2, -0.15) is 0 Å². The number of aliphatic hydroxyl groups is 1. The van der Waals surface area contributed by atoms with Gasteiger partial charge in [0.1, 0.15) is 5.75 Å². The lowest BCUT2D eigenvalue weighted by atomic mass is 10.1. The van der Waals surface area contributed by atoms with Gasteiger partial charge in [-0.05, 0) is 36.1 Å². The summed E-state index contributed by atoms with van der Waals surface area (Å²) >= 11 is 0. The first-order valence-corrected chi connectivity index (χ1v) is 7.26. The summed E-state index contributed by atoms with van der Waals surface area (Å²) in [5.41, 5.74) is 2.75. The fraction of sp³-hybridized carbons (Fsp3) is 0.278. The third-order valence-corrected chi connectivity index (χ3v) is 3.55. The standard InChI is InChI=1S/C18H21NO3/c1-13-8-9-14(12-16(13)22-2)10-11-19-18(21)17(20)15-6-4-3-5-7-15/h3-9,12,17,20H,10-11H2,1-2H3,(H,19,21). The van der Waals surface area contributed by atoms with E-state index in [0.29, 0.717) is 18.5 Å². The van der Waals surface area contributed by atoms with Crippen molar-refractivity contribution in [2.75, 3.05) is 13.7 Å². The number of aliphatic hydroxyl groups excluding tert-OH is 1. The van der Waals surface area contributed by atoms with Crippen molar-refractivity contribution in [3.63, 3.8) is 0 Å². The molecule has 2 rings (SSSR count). The summed E-state index contributed by atoms with van der Waals surface area (Å²) in [6.45, 7) is 2.45. The molecule has 116 valence electrons. The average Bonchev–Trinajstić information content (AvgIpc) is 2.56. The highest BCUT2D eigenvalue weighted by atomic mass is 16.5. The van der Waals surface area contributed by atoms with Crippen LogP contribution in [0.25, 0.3) is 0 Å². The van der Waals surface area contributed by atoms with Gasteiger partial charge in [0.2, 0.25) is 0 Å². The number of methoxy groups -OCH3 is 1. The molecular formula is C18H21NO3. The smallest absolute Gasteiger partial charge is 0.253 e. The molecule has 4 nitrogen and oxygen atoms in total. The van der Waals surface area contributed by atoms with Crippen molar-refractivity contribution in [2.45, 2.75) is 19.4 Å². The van der Waals surface area contributed by atoms with E-state index in [0.717, 1.165) is 16.9 Å². The van der Waals surface area contributed by atoms with Gasteiger partial charge in [-0.25, -0.2) is 0 Å². The molecule has 0 aliphatic carbocycles. The normalized spacial score (nSPS) is 11.8. The second-order valence-electron chi connectivity index (χ2n) is 5.16. The summed E-state index contributed by atoms with van der Waals surface area (Å²) in [6.07, 6.45) is -0.446. The Hall–Kier alpha value is -2.33. The third kappa shape index (κ3) is 4.09. The Morgan fingerprint density at radius 2 is 1.95 bits per heavy atom. The number of aryl methyl sites for hydroxylation is 1. The fourth-order valence-electron chi connectivity index (χ4n) is 2.23. The minimum absolute atomic E-state index is 0.384. The van der Waals surface area contributed by atoms with Crippen LogP contribution in [0.4, 0.5) is 0 Å². The summed E-state index contributed by atoms with van der Waals surface area (Å²) in [5, 5.41) is 12.7. The molecule has 0 heterocycles. The Labute approximate surface area is 130 Å². The van der Waals surface area contributed by atoms with Gasteiger partial charge in [0, 0.05) is 6.54 Å². The van der Waals surface area contributed by atoms with Crippen molar-refractivity contribution in [3.8, 4) is 5.75 Å². The van der Waals surface area contributed by atoms with E-state index >= 15 is 0 Å². The molecule has 0 bridgehead atoms. The van der Waals surface area contributed by atoms with Gasteiger partial charge in [-0.1, -0.05) is 42.5 Å². The number of carbonyl (C=O) groups is 1. The van der Waals surface area contributed by atoms with E-state index in [9.17, 15) is 9.90 Å². The minimum Gasteiger partial charge on any atom is -0.496 e. The molecule has 0 saturated carbocycles. The highest BCUT2D eigenvalue weighted by molar-refractivity contribution is 5.81. The van der Waals surface area contributed by atoms with E-state index in [1.165, 1.54) is 0 Å². The zero-order valence-corrected chi connectivity index (χ0v) is 12.9. The van der Waals surface area contributed by atoms with Crippen LogP contribution in [0, 0.1) is 6.92 Å². The molecule has 2 N–H and O–H groups in total. The van der Waals surface area contributed by atoms with Crippen LogP contribution < -0.4 is 10.1 Å². The van der Waals surface area contributed by atoms with Crippen LogP contribution in [-0.2, 0) is 11.2 Å². The second-order valence-corrected chi connectivity index (χ2v) is 5.16. The van der Waals surface area contributed by atoms with E-state index < -0.39 is 6.10 Å². The highest BCUT2D eigenvalue weighted by Crippen LogP contribution is 2.19. The molecule has 4 heteroatoms. The first kappa shape index (κ1) is 16.0. The van der Waals surface area contributed by atoms with E-state index in [2.05, 4.69) is 5.32 Å². The van der Waals surface area contributed by atoms with Crippen molar-refractivity contribution in [3.05, 3.63) is 65.2 Å². The van der Waals surface area contributed by atoms with Gasteiger partial charge in [-0.3, -0.25) is 4.79 Å². The highest BCUT2D eigenvalue weighted by Gasteiger charge is 2.16. The van der Waals surface area contributed by atoms with Crippen LogP contribution in [0.2, 0.25) is 0 Å². The molecule has 2 aromatic rings. The van der Waals surface area contributed by atoms with Crippen LogP contribution in [0.3, 0.4) is 0 Å². The summed E-state index contributed by atoms with van der Waals surface area (Å²) < 4.78 is 5.28. The first-order valence-electron chi connectivity index (χ1n) is 7.26. The van der Waals surface area contributed by atoms with E-state index in [4.69, 9.17) is 4.74 Å². The Bertz CT molecular complexity index is 625. The lowest BCUT2D eigenvalue weighted by Gasteiger charge is -2.12.